The van der Waals surface area contributed by atoms with Crippen LogP contribution in [0, 0.1) is 5.92 Å². The molecular weight excluding hydrogens is 268 g/mol. The van der Waals surface area contributed by atoms with Crippen LogP contribution in [0.1, 0.15) is 29.8 Å². The first-order chi connectivity index (χ1) is 10.2. The lowest BCUT2D eigenvalue weighted by molar-refractivity contribution is -0.167. The van der Waals surface area contributed by atoms with Crippen molar-refractivity contribution in [2.45, 2.75) is 24.9 Å². The van der Waals surface area contributed by atoms with E-state index in [0.29, 0.717) is 24.7 Å². The SMILES string of the molecule is COCCC1CCOC2(C1)CN(C(=O)c1ccccn1)C2. The van der Waals surface area contributed by atoms with E-state index in [2.05, 4.69) is 4.98 Å². The third kappa shape index (κ3) is 3.09. The molecule has 2 saturated heterocycles. The Morgan fingerprint density at radius 1 is 1.52 bits per heavy atom. The molecule has 114 valence electrons. The Labute approximate surface area is 125 Å². The zero-order chi connectivity index (χ0) is 14.7. The van der Waals surface area contributed by atoms with E-state index in [-0.39, 0.29) is 11.5 Å². The first-order valence-electron chi connectivity index (χ1n) is 7.56. The number of aromatic nitrogens is 1. The van der Waals surface area contributed by atoms with Gasteiger partial charge in [0.1, 0.15) is 11.3 Å². The van der Waals surface area contributed by atoms with E-state index in [1.54, 1.807) is 19.4 Å². The number of amides is 1. The van der Waals surface area contributed by atoms with Gasteiger partial charge in [-0.05, 0) is 37.3 Å². The van der Waals surface area contributed by atoms with Crippen molar-refractivity contribution in [3.8, 4) is 0 Å². The number of ether oxygens (including phenoxy) is 2. The fraction of sp³-hybridized carbons (Fsp3) is 0.625. The van der Waals surface area contributed by atoms with E-state index in [1.165, 1.54) is 0 Å². The van der Waals surface area contributed by atoms with E-state index < -0.39 is 0 Å². The summed E-state index contributed by atoms with van der Waals surface area (Å²) in [4.78, 5) is 18.3. The smallest absolute Gasteiger partial charge is 0.272 e. The van der Waals surface area contributed by atoms with E-state index in [0.717, 1.165) is 32.5 Å². The maximum absolute atomic E-state index is 12.3. The quantitative estimate of drug-likeness (QED) is 0.847. The van der Waals surface area contributed by atoms with Crippen molar-refractivity contribution < 1.29 is 14.3 Å². The molecule has 1 atom stereocenters. The summed E-state index contributed by atoms with van der Waals surface area (Å²) >= 11 is 0. The summed E-state index contributed by atoms with van der Waals surface area (Å²) in [6.45, 7) is 2.97. The number of likely N-dealkylation sites (tertiary alicyclic amines) is 1. The number of hydrogen-bond donors (Lipinski definition) is 0. The molecule has 5 nitrogen and oxygen atoms in total. The fourth-order valence-electron chi connectivity index (χ4n) is 3.32. The second-order valence-corrected chi connectivity index (χ2v) is 6.05. The monoisotopic (exact) mass is 290 g/mol. The zero-order valence-corrected chi connectivity index (χ0v) is 12.5. The van der Waals surface area contributed by atoms with E-state index >= 15 is 0 Å². The molecule has 0 aromatic carbocycles. The standard InChI is InChI=1S/C16H22N2O3/c1-20-8-5-13-6-9-21-16(10-13)11-18(12-16)15(19)14-4-2-3-7-17-14/h2-4,7,13H,5-6,8-12H2,1H3. The average molecular weight is 290 g/mol. The van der Waals surface area contributed by atoms with Crippen LogP contribution in [-0.4, -0.2) is 54.8 Å². The molecule has 1 amide bonds. The van der Waals surface area contributed by atoms with Crippen molar-refractivity contribution in [1.82, 2.24) is 9.88 Å². The molecule has 1 aromatic heterocycles. The highest BCUT2D eigenvalue weighted by Gasteiger charge is 2.49. The summed E-state index contributed by atoms with van der Waals surface area (Å²) < 4.78 is 11.1. The molecule has 1 aromatic rings. The number of methoxy groups -OCH3 is 1. The van der Waals surface area contributed by atoms with Crippen LogP contribution in [-0.2, 0) is 9.47 Å². The van der Waals surface area contributed by atoms with E-state index in [9.17, 15) is 4.79 Å². The lowest BCUT2D eigenvalue weighted by Crippen LogP contribution is -2.66. The summed E-state index contributed by atoms with van der Waals surface area (Å²) in [5.41, 5.74) is 0.389. The Hall–Kier alpha value is -1.46. The zero-order valence-electron chi connectivity index (χ0n) is 12.5. The number of hydrogen-bond acceptors (Lipinski definition) is 4. The maximum Gasteiger partial charge on any atom is 0.272 e. The Kier molecular flexibility index (Phi) is 4.22. The maximum atomic E-state index is 12.3. The van der Waals surface area contributed by atoms with Crippen LogP contribution in [0.5, 0.6) is 0 Å². The van der Waals surface area contributed by atoms with Gasteiger partial charge < -0.3 is 14.4 Å². The van der Waals surface area contributed by atoms with Gasteiger partial charge in [-0.25, -0.2) is 0 Å². The second-order valence-electron chi connectivity index (χ2n) is 6.05. The highest BCUT2D eigenvalue weighted by Crippen LogP contribution is 2.38. The average Bonchev–Trinajstić information content (AvgIpc) is 2.51. The molecule has 3 rings (SSSR count). The van der Waals surface area contributed by atoms with Crippen LogP contribution in [0.25, 0.3) is 0 Å². The van der Waals surface area contributed by atoms with Gasteiger partial charge in [0.05, 0.1) is 13.1 Å². The first-order valence-corrected chi connectivity index (χ1v) is 7.56. The summed E-state index contributed by atoms with van der Waals surface area (Å²) in [6, 6.07) is 5.42. The molecule has 1 spiro atoms. The van der Waals surface area contributed by atoms with Gasteiger partial charge in [-0.3, -0.25) is 9.78 Å². The first kappa shape index (κ1) is 14.5. The molecule has 3 heterocycles. The summed E-state index contributed by atoms with van der Waals surface area (Å²) in [6.07, 6.45) is 4.86. The van der Waals surface area contributed by atoms with Gasteiger partial charge in [-0.1, -0.05) is 6.07 Å². The largest absolute Gasteiger partial charge is 0.385 e. The van der Waals surface area contributed by atoms with Crippen molar-refractivity contribution in [3.05, 3.63) is 30.1 Å². The van der Waals surface area contributed by atoms with Crippen molar-refractivity contribution in [2.24, 2.45) is 5.92 Å². The van der Waals surface area contributed by atoms with Crippen molar-refractivity contribution in [1.29, 1.82) is 0 Å². The molecule has 0 aliphatic carbocycles. The minimum Gasteiger partial charge on any atom is -0.385 e. The molecule has 2 aliphatic heterocycles. The summed E-state index contributed by atoms with van der Waals surface area (Å²) in [5, 5.41) is 0. The third-order valence-electron chi connectivity index (χ3n) is 4.45. The molecule has 2 fully saturated rings. The van der Waals surface area contributed by atoms with Crippen LogP contribution < -0.4 is 0 Å². The molecule has 5 heteroatoms. The van der Waals surface area contributed by atoms with Crippen molar-refractivity contribution in [3.63, 3.8) is 0 Å². The molecule has 0 bridgehead atoms. The topological polar surface area (TPSA) is 51.7 Å². The van der Waals surface area contributed by atoms with Gasteiger partial charge >= 0.3 is 0 Å². The lowest BCUT2D eigenvalue weighted by atomic mass is 9.79. The summed E-state index contributed by atoms with van der Waals surface area (Å²) in [7, 11) is 1.74. The van der Waals surface area contributed by atoms with Crippen LogP contribution >= 0.6 is 0 Å². The fourth-order valence-corrected chi connectivity index (χ4v) is 3.32. The highest BCUT2D eigenvalue weighted by molar-refractivity contribution is 5.93. The van der Waals surface area contributed by atoms with Crippen molar-refractivity contribution >= 4 is 5.91 Å². The number of rotatable bonds is 4. The van der Waals surface area contributed by atoms with Crippen LogP contribution in [0.4, 0.5) is 0 Å². The number of pyridine rings is 1. The normalized spacial score (nSPS) is 23.9. The van der Waals surface area contributed by atoms with Crippen LogP contribution in [0.15, 0.2) is 24.4 Å². The number of carbonyl (C=O) groups excluding carboxylic acids is 1. The Morgan fingerprint density at radius 2 is 2.38 bits per heavy atom. The lowest BCUT2D eigenvalue weighted by Gasteiger charge is -2.53. The number of nitrogens with zero attached hydrogens (tertiary/aromatic N) is 2. The number of carbonyl (C=O) groups is 1. The van der Waals surface area contributed by atoms with Crippen LogP contribution in [0.2, 0.25) is 0 Å². The molecule has 0 N–H and O–H groups in total. The van der Waals surface area contributed by atoms with Gasteiger partial charge in [-0.15, -0.1) is 0 Å². The van der Waals surface area contributed by atoms with E-state index in [4.69, 9.17) is 9.47 Å². The Morgan fingerprint density at radius 3 is 3.10 bits per heavy atom. The second kappa shape index (κ2) is 6.12. The van der Waals surface area contributed by atoms with Gasteiger partial charge in [0.2, 0.25) is 0 Å². The Balaban J connectivity index is 1.55. The van der Waals surface area contributed by atoms with Crippen molar-refractivity contribution in [2.75, 3.05) is 33.4 Å². The van der Waals surface area contributed by atoms with Gasteiger partial charge in [0.15, 0.2) is 0 Å². The van der Waals surface area contributed by atoms with Gasteiger partial charge in [0.25, 0.3) is 5.91 Å². The van der Waals surface area contributed by atoms with E-state index in [1.807, 2.05) is 17.0 Å². The Bertz CT molecular complexity index is 486. The minimum absolute atomic E-state index is 0.00356. The molecular formula is C16H22N2O3. The molecule has 0 saturated carbocycles. The van der Waals surface area contributed by atoms with Crippen LogP contribution in [0.3, 0.4) is 0 Å². The predicted molar refractivity (Wildman–Crippen MR) is 78.0 cm³/mol. The molecule has 0 radical (unpaired) electrons. The molecule has 21 heavy (non-hydrogen) atoms. The molecule has 2 aliphatic rings. The third-order valence-corrected chi connectivity index (χ3v) is 4.45. The predicted octanol–water partition coefficient (Wildman–Crippen LogP) is 1.74. The minimum atomic E-state index is -0.124. The van der Waals surface area contributed by atoms with Gasteiger partial charge in [-0.2, -0.15) is 0 Å². The molecule has 1 unspecified atom stereocenters. The highest BCUT2D eigenvalue weighted by atomic mass is 16.5. The van der Waals surface area contributed by atoms with Gasteiger partial charge in [0, 0.05) is 26.5 Å². The summed E-state index contributed by atoms with van der Waals surface area (Å²) in [5.74, 6) is 0.648.